The van der Waals surface area contributed by atoms with Gasteiger partial charge in [-0.2, -0.15) is 0 Å². The van der Waals surface area contributed by atoms with Crippen molar-refractivity contribution < 1.29 is 24.5 Å². The molecule has 29 heavy (non-hydrogen) atoms. The second-order valence-electron chi connectivity index (χ2n) is 7.54. The number of hydrogen-bond acceptors (Lipinski definition) is 6. The third-order valence-corrected chi connectivity index (χ3v) is 4.94. The largest absolute Gasteiger partial charge is 0.472 e. The van der Waals surface area contributed by atoms with Crippen molar-refractivity contribution in [1.82, 2.24) is 14.8 Å². The highest BCUT2D eigenvalue weighted by Crippen LogP contribution is 2.27. The zero-order valence-electron chi connectivity index (χ0n) is 17.5. The summed E-state index contributed by atoms with van der Waals surface area (Å²) in [6, 6.07) is 1.19. The molecule has 8 nitrogen and oxygen atoms in total. The van der Waals surface area contributed by atoms with Crippen molar-refractivity contribution in [3.05, 3.63) is 23.4 Å². The van der Waals surface area contributed by atoms with E-state index in [2.05, 4.69) is 16.8 Å². The monoisotopic (exact) mass is 403 g/mol. The second-order valence-corrected chi connectivity index (χ2v) is 7.54. The van der Waals surface area contributed by atoms with Gasteiger partial charge in [0, 0.05) is 38.2 Å². The number of pyridine rings is 1. The minimum atomic E-state index is -0.804. The molecule has 158 valence electrons. The molecule has 0 aromatic carbocycles. The maximum Gasteiger partial charge on any atom is 0.259 e. The number of amides is 2. The molecule has 2 amide bonds. The van der Waals surface area contributed by atoms with Gasteiger partial charge in [-0.3, -0.25) is 9.59 Å². The van der Waals surface area contributed by atoms with Gasteiger partial charge >= 0.3 is 0 Å². The summed E-state index contributed by atoms with van der Waals surface area (Å²) in [6.07, 6.45) is 0.299. The lowest BCUT2D eigenvalue weighted by atomic mass is 10.00. The predicted octanol–water partition coefficient (Wildman–Crippen LogP) is 0.512. The second kappa shape index (κ2) is 9.72. The molecule has 1 aliphatic heterocycles. The van der Waals surface area contributed by atoms with E-state index in [0.717, 1.165) is 0 Å². The molecule has 0 fully saturated rings. The van der Waals surface area contributed by atoms with Gasteiger partial charge in [0.15, 0.2) is 0 Å². The Bertz CT molecular complexity index is 814. The lowest BCUT2D eigenvalue weighted by molar-refractivity contribution is -0.129. The number of fused-ring (bicyclic) bond motifs is 1. The van der Waals surface area contributed by atoms with Gasteiger partial charge in [-0.1, -0.05) is 18.8 Å². The highest BCUT2D eigenvalue weighted by atomic mass is 16.5. The summed E-state index contributed by atoms with van der Waals surface area (Å²) in [7, 11) is 1.69. The Morgan fingerprint density at radius 1 is 1.48 bits per heavy atom. The Morgan fingerprint density at radius 2 is 2.17 bits per heavy atom. The molecule has 0 aliphatic carbocycles. The number of aliphatic hydroxyl groups excluding tert-OH is 2. The number of hydrogen-bond donors (Lipinski definition) is 2. The highest BCUT2D eigenvalue weighted by Gasteiger charge is 2.34. The quantitative estimate of drug-likeness (QED) is 0.710. The molecule has 0 bridgehead atoms. The summed E-state index contributed by atoms with van der Waals surface area (Å²) in [5, 5.41) is 19.0. The summed E-state index contributed by atoms with van der Waals surface area (Å²) in [6.45, 7) is 7.27. The maximum absolute atomic E-state index is 13.2. The molecule has 0 spiro atoms. The van der Waals surface area contributed by atoms with Crippen LogP contribution in [0.5, 0.6) is 5.88 Å². The molecule has 1 aromatic rings. The van der Waals surface area contributed by atoms with E-state index in [9.17, 15) is 19.8 Å². The van der Waals surface area contributed by atoms with E-state index in [4.69, 9.17) is 4.74 Å². The Kier molecular flexibility index (Phi) is 7.59. The third kappa shape index (κ3) is 5.68. The molecule has 1 aromatic heterocycles. The van der Waals surface area contributed by atoms with Gasteiger partial charge in [0.05, 0.1) is 19.2 Å². The molecular weight excluding hydrogens is 374 g/mol. The Labute approximate surface area is 171 Å². The summed E-state index contributed by atoms with van der Waals surface area (Å²) >= 11 is 0. The zero-order chi connectivity index (χ0) is 21.7. The number of nitrogens with zero attached hydrogens (tertiary/aromatic N) is 3. The van der Waals surface area contributed by atoms with Crippen LogP contribution in [0.1, 0.15) is 43.6 Å². The molecule has 4 atom stereocenters. The fourth-order valence-corrected chi connectivity index (χ4v) is 2.97. The van der Waals surface area contributed by atoms with Crippen LogP contribution >= 0.6 is 0 Å². The van der Waals surface area contributed by atoms with E-state index in [-0.39, 0.29) is 41.9 Å². The van der Waals surface area contributed by atoms with Gasteiger partial charge in [-0.25, -0.2) is 4.98 Å². The third-order valence-electron chi connectivity index (χ3n) is 4.94. The van der Waals surface area contributed by atoms with E-state index < -0.39 is 12.1 Å². The molecular formula is C21H29N3O5. The van der Waals surface area contributed by atoms with Gasteiger partial charge in [0.25, 0.3) is 5.91 Å². The number of carbonyl (C=O) groups excluding carboxylic acids is 2. The Hall–Kier alpha value is -2.63. The molecule has 2 heterocycles. The van der Waals surface area contributed by atoms with Crippen LogP contribution in [0.4, 0.5) is 0 Å². The summed E-state index contributed by atoms with van der Waals surface area (Å²) in [5.41, 5.74) is 0.717. The van der Waals surface area contributed by atoms with Crippen molar-refractivity contribution in [2.75, 3.05) is 26.7 Å². The van der Waals surface area contributed by atoms with Crippen molar-refractivity contribution in [3.8, 4) is 17.7 Å². The van der Waals surface area contributed by atoms with Crippen LogP contribution in [-0.2, 0) is 4.79 Å². The molecule has 1 aliphatic rings. The molecule has 8 heteroatoms. The number of aliphatic hydroxyl groups is 2. The fourth-order valence-electron chi connectivity index (χ4n) is 2.97. The molecule has 0 saturated heterocycles. The van der Waals surface area contributed by atoms with Gasteiger partial charge in [-0.05, 0) is 19.9 Å². The van der Waals surface area contributed by atoms with Gasteiger partial charge in [0.2, 0.25) is 11.8 Å². The summed E-state index contributed by atoms with van der Waals surface area (Å²) < 4.78 is 6.07. The molecule has 2 rings (SSSR count). The Balaban J connectivity index is 2.49. The Morgan fingerprint density at radius 3 is 2.76 bits per heavy atom. The van der Waals surface area contributed by atoms with Crippen LogP contribution < -0.4 is 4.74 Å². The molecule has 0 unspecified atom stereocenters. The van der Waals surface area contributed by atoms with Crippen LogP contribution in [0, 0.1) is 17.8 Å². The average Bonchev–Trinajstić information content (AvgIpc) is 2.68. The highest BCUT2D eigenvalue weighted by molar-refractivity contribution is 5.97. The van der Waals surface area contributed by atoms with Crippen molar-refractivity contribution >= 4 is 11.8 Å². The molecule has 0 saturated carbocycles. The number of ether oxygens (including phenoxy) is 1. The minimum absolute atomic E-state index is 0.0866. The van der Waals surface area contributed by atoms with Crippen molar-refractivity contribution in [2.24, 2.45) is 5.92 Å². The average molecular weight is 403 g/mol. The van der Waals surface area contributed by atoms with Crippen LogP contribution in [0.2, 0.25) is 0 Å². The van der Waals surface area contributed by atoms with E-state index in [1.165, 1.54) is 13.1 Å². The first-order valence-electron chi connectivity index (χ1n) is 9.63. The van der Waals surface area contributed by atoms with Crippen molar-refractivity contribution in [3.63, 3.8) is 0 Å². The normalized spacial score (nSPS) is 20.9. The lowest BCUT2D eigenvalue weighted by Crippen LogP contribution is -2.50. The number of carbonyl (C=O) groups is 2. The number of aromatic nitrogens is 1. The molecule has 2 N–H and O–H groups in total. The number of likely N-dealkylation sites (N-methyl/N-ethyl adjacent to an activating group) is 1. The first-order chi connectivity index (χ1) is 13.6. The maximum atomic E-state index is 13.2. The van der Waals surface area contributed by atoms with E-state index >= 15 is 0 Å². The standard InChI is InChI=1S/C21H29N3O5/c1-13-10-24(14(2)12-25)21(28)18-8-17(7-6-15(3)26)9-22-20(18)29-19(13)11-23(5)16(4)27/h8-9,13-15,19,25-26H,10-12H2,1-5H3/t13-,14-,15+,19+/m0/s1. The fraction of sp³-hybridized carbons (Fsp3) is 0.571. The van der Waals surface area contributed by atoms with E-state index in [1.807, 2.05) is 6.92 Å². The SMILES string of the molecule is CC(=O)N(C)C[C@H]1Oc2ncc(C#C[C@@H](C)O)cc2C(=O)N([C@@H](C)CO)C[C@@H]1C. The lowest BCUT2D eigenvalue weighted by Gasteiger charge is -2.37. The van der Waals surface area contributed by atoms with Crippen molar-refractivity contribution in [1.29, 1.82) is 0 Å². The van der Waals surface area contributed by atoms with Crippen LogP contribution in [0.25, 0.3) is 0 Å². The first-order valence-corrected chi connectivity index (χ1v) is 9.63. The van der Waals surface area contributed by atoms with Crippen molar-refractivity contribution in [2.45, 2.75) is 45.9 Å². The van der Waals surface area contributed by atoms with E-state index in [0.29, 0.717) is 18.7 Å². The van der Waals surface area contributed by atoms with Crippen LogP contribution in [-0.4, -0.2) is 81.8 Å². The molecule has 0 radical (unpaired) electrons. The number of rotatable bonds is 4. The topological polar surface area (TPSA) is 103 Å². The van der Waals surface area contributed by atoms with Crippen LogP contribution in [0.15, 0.2) is 12.3 Å². The first kappa shape index (κ1) is 22.7. The van der Waals surface area contributed by atoms with Gasteiger partial charge in [0.1, 0.15) is 17.8 Å². The summed E-state index contributed by atoms with van der Waals surface area (Å²) in [5.74, 6) is 5.09. The summed E-state index contributed by atoms with van der Waals surface area (Å²) in [4.78, 5) is 32.3. The minimum Gasteiger partial charge on any atom is -0.472 e. The smallest absolute Gasteiger partial charge is 0.259 e. The van der Waals surface area contributed by atoms with Gasteiger partial charge < -0.3 is 24.7 Å². The predicted molar refractivity (Wildman–Crippen MR) is 107 cm³/mol. The van der Waals surface area contributed by atoms with E-state index in [1.54, 1.807) is 36.8 Å². The van der Waals surface area contributed by atoms with Gasteiger partial charge in [-0.15, -0.1) is 0 Å². The zero-order valence-corrected chi connectivity index (χ0v) is 17.5. The van der Waals surface area contributed by atoms with Crippen LogP contribution in [0.3, 0.4) is 0 Å².